The van der Waals surface area contributed by atoms with E-state index in [0.29, 0.717) is 22.2 Å². The number of amides is 1. The minimum atomic E-state index is -4.77. The second kappa shape index (κ2) is 12.9. The van der Waals surface area contributed by atoms with E-state index >= 15 is 0 Å². The molecule has 1 atom stereocenters. The monoisotopic (exact) mass is 627 g/mol. The van der Waals surface area contributed by atoms with E-state index in [4.69, 9.17) is 4.74 Å². The zero-order valence-corrected chi connectivity index (χ0v) is 24.6. The standard InChI is InChI=1S/C29H28F3N7O4S/c1-17(2)22-10-4-18(3)12-23(22)39-25(40)15-44-28(39)36-26(41)35-24-11-5-19(13-33-24)14-42-27-34-16-38(37-27)20-6-8-21(9-7-20)43-29(30,31)32/h4-13,16-17,26,41H,14-15H2,1-3H3,(H,33,35). The van der Waals surface area contributed by atoms with E-state index in [0.717, 1.165) is 16.8 Å². The molecule has 15 heteroatoms. The number of pyridine rings is 1. The van der Waals surface area contributed by atoms with Crippen LogP contribution in [0, 0.1) is 6.92 Å². The Balaban J connectivity index is 1.18. The summed E-state index contributed by atoms with van der Waals surface area (Å²) in [5.74, 6) is 0.309. The highest BCUT2D eigenvalue weighted by atomic mass is 32.2. The molecule has 4 aromatic rings. The van der Waals surface area contributed by atoms with Crippen molar-refractivity contribution in [2.75, 3.05) is 16.0 Å². The number of ether oxygens (including phenoxy) is 2. The van der Waals surface area contributed by atoms with Crippen LogP contribution in [0.4, 0.5) is 24.7 Å². The average molecular weight is 628 g/mol. The molecule has 3 heterocycles. The molecule has 2 aromatic carbocycles. The first-order valence-corrected chi connectivity index (χ1v) is 14.4. The second-order valence-electron chi connectivity index (χ2n) is 10.0. The molecule has 1 unspecified atom stereocenters. The van der Waals surface area contributed by atoms with Gasteiger partial charge in [0.2, 0.25) is 12.3 Å². The third-order valence-electron chi connectivity index (χ3n) is 6.32. The largest absolute Gasteiger partial charge is 0.573 e. The van der Waals surface area contributed by atoms with E-state index in [9.17, 15) is 23.1 Å². The van der Waals surface area contributed by atoms with Gasteiger partial charge in [0.15, 0.2) is 5.17 Å². The number of nitrogens with one attached hydrogen (secondary N) is 1. The summed E-state index contributed by atoms with van der Waals surface area (Å²) in [4.78, 5) is 27.0. The van der Waals surface area contributed by atoms with Gasteiger partial charge in [0.05, 0.1) is 17.1 Å². The lowest BCUT2D eigenvalue weighted by atomic mass is 9.99. The summed E-state index contributed by atoms with van der Waals surface area (Å²) in [6, 6.07) is 14.5. The number of halogens is 3. The normalized spacial score (nSPS) is 15.2. The number of aryl methyl sites for hydroxylation is 1. The van der Waals surface area contributed by atoms with Crippen molar-refractivity contribution in [2.24, 2.45) is 4.99 Å². The van der Waals surface area contributed by atoms with Gasteiger partial charge in [-0.05, 0) is 60.4 Å². The lowest BCUT2D eigenvalue weighted by Gasteiger charge is -2.23. The van der Waals surface area contributed by atoms with E-state index in [1.807, 2.05) is 25.1 Å². The van der Waals surface area contributed by atoms with Crippen LogP contribution in [-0.4, -0.2) is 54.4 Å². The molecule has 230 valence electrons. The van der Waals surface area contributed by atoms with Crippen molar-refractivity contribution in [2.45, 2.75) is 46.0 Å². The molecule has 0 saturated carbocycles. The molecule has 0 spiro atoms. The predicted molar refractivity (Wildman–Crippen MR) is 159 cm³/mol. The molecular formula is C29H28F3N7O4S. The topological polar surface area (TPSA) is 127 Å². The van der Waals surface area contributed by atoms with Gasteiger partial charge < -0.3 is 19.9 Å². The molecule has 1 saturated heterocycles. The van der Waals surface area contributed by atoms with Gasteiger partial charge in [0.1, 0.15) is 24.5 Å². The number of carbonyl (C=O) groups excluding carboxylic acids is 1. The summed E-state index contributed by atoms with van der Waals surface area (Å²) in [7, 11) is 0. The van der Waals surface area contributed by atoms with Crippen molar-refractivity contribution in [1.82, 2.24) is 19.7 Å². The Morgan fingerprint density at radius 3 is 2.57 bits per heavy atom. The second-order valence-corrected chi connectivity index (χ2v) is 11.0. The fourth-order valence-electron chi connectivity index (χ4n) is 4.28. The molecule has 5 rings (SSSR count). The summed E-state index contributed by atoms with van der Waals surface area (Å²) in [6.07, 6.45) is -3.22. The van der Waals surface area contributed by atoms with Crippen molar-refractivity contribution >= 4 is 34.3 Å². The molecule has 11 nitrogen and oxygen atoms in total. The smallest absolute Gasteiger partial charge is 0.457 e. The minimum Gasteiger partial charge on any atom is -0.457 e. The summed E-state index contributed by atoms with van der Waals surface area (Å²) in [6.45, 7) is 6.16. The van der Waals surface area contributed by atoms with Gasteiger partial charge in [-0.15, -0.1) is 18.3 Å². The number of nitrogens with zero attached hydrogens (tertiary/aromatic N) is 6. The summed E-state index contributed by atoms with van der Waals surface area (Å²) < 4.78 is 47.9. The number of benzene rings is 2. The van der Waals surface area contributed by atoms with Crippen LogP contribution in [-0.2, 0) is 11.4 Å². The van der Waals surface area contributed by atoms with Gasteiger partial charge in [-0.1, -0.05) is 43.8 Å². The summed E-state index contributed by atoms with van der Waals surface area (Å²) >= 11 is 1.26. The van der Waals surface area contributed by atoms with Crippen LogP contribution >= 0.6 is 11.8 Å². The number of alkyl halides is 3. The third kappa shape index (κ3) is 7.65. The highest BCUT2D eigenvalue weighted by molar-refractivity contribution is 8.15. The molecule has 1 fully saturated rings. The molecule has 0 aliphatic carbocycles. The molecule has 44 heavy (non-hydrogen) atoms. The lowest BCUT2D eigenvalue weighted by molar-refractivity contribution is -0.274. The Kier molecular flexibility index (Phi) is 9.06. The zero-order chi connectivity index (χ0) is 31.4. The van der Waals surface area contributed by atoms with Crippen molar-refractivity contribution < 1.29 is 32.5 Å². The maximum atomic E-state index is 12.8. The molecule has 2 N–H and O–H groups in total. The van der Waals surface area contributed by atoms with Crippen molar-refractivity contribution in [3.63, 3.8) is 0 Å². The maximum absolute atomic E-state index is 12.8. The molecular weight excluding hydrogens is 599 g/mol. The van der Waals surface area contributed by atoms with Crippen molar-refractivity contribution in [1.29, 1.82) is 0 Å². The zero-order valence-electron chi connectivity index (χ0n) is 23.8. The van der Waals surface area contributed by atoms with E-state index < -0.39 is 12.7 Å². The van der Waals surface area contributed by atoms with Gasteiger partial charge in [-0.3, -0.25) is 9.69 Å². The first kappa shape index (κ1) is 30.8. The quantitative estimate of drug-likeness (QED) is 0.222. The Bertz CT molecular complexity index is 1640. The third-order valence-corrected chi connectivity index (χ3v) is 7.26. The lowest BCUT2D eigenvalue weighted by Crippen LogP contribution is -2.32. The predicted octanol–water partition coefficient (Wildman–Crippen LogP) is 5.40. The van der Waals surface area contributed by atoms with Crippen LogP contribution in [0.5, 0.6) is 11.8 Å². The number of rotatable bonds is 10. The summed E-state index contributed by atoms with van der Waals surface area (Å²) in [5.41, 5.74) is 3.93. The number of thioether (sulfide) groups is 1. The summed E-state index contributed by atoms with van der Waals surface area (Å²) in [5, 5.41) is 18.0. The van der Waals surface area contributed by atoms with Crippen LogP contribution in [0.2, 0.25) is 0 Å². The van der Waals surface area contributed by atoms with Crippen molar-refractivity contribution in [3.05, 3.63) is 83.8 Å². The highest BCUT2D eigenvalue weighted by Crippen LogP contribution is 2.34. The fourth-order valence-corrected chi connectivity index (χ4v) is 5.17. The van der Waals surface area contributed by atoms with E-state index in [2.05, 4.69) is 44.0 Å². The van der Waals surface area contributed by atoms with Crippen LogP contribution in [0.3, 0.4) is 0 Å². The van der Waals surface area contributed by atoms with Crippen LogP contribution < -0.4 is 19.7 Å². The molecule has 1 aliphatic heterocycles. The Morgan fingerprint density at radius 1 is 1.11 bits per heavy atom. The first-order valence-electron chi connectivity index (χ1n) is 13.4. The van der Waals surface area contributed by atoms with Crippen LogP contribution in [0.15, 0.2) is 72.1 Å². The van der Waals surface area contributed by atoms with Crippen LogP contribution in [0.25, 0.3) is 5.69 Å². The maximum Gasteiger partial charge on any atom is 0.573 e. The number of aliphatic hydroxyl groups excluding tert-OH is 1. The van der Waals surface area contributed by atoms with Gasteiger partial charge in [0, 0.05) is 11.8 Å². The minimum absolute atomic E-state index is 0.0523. The van der Waals surface area contributed by atoms with Gasteiger partial charge in [0.25, 0.3) is 0 Å². The highest BCUT2D eigenvalue weighted by Gasteiger charge is 2.33. The SMILES string of the molecule is Cc1ccc(C(C)C)c(N2C(=O)CSC2=NC(O)Nc2ccc(COc3ncn(-c4ccc(OC(F)(F)F)cc4)n3)cn2)c1. The number of hydrogen-bond acceptors (Lipinski definition) is 10. The van der Waals surface area contributed by atoms with E-state index in [1.54, 1.807) is 23.2 Å². The van der Waals surface area contributed by atoms with Gasteiger partial charge in [-0.25, -0.2) is 14.7 Å². The van der Waals surface area contributed by atoms with Crippen molar-refractivity contribution in [3.8, 4) is 17.4 Å². The van der Waals surface area contributed by atoms with Gasteiger partial charge in [-0.2, -0.15) is 4.98 Å². The Hall–Kier alpha value is -4.63. The fraction of sp³-hybridized carbons (Fsp3) is 0.276. The molecule has 1 aliphatic rings. The van der Waals surface area contributed by atoms with E-state index in [1.165, 1.54) is 47.0 Å². The number of aromatic nitrogens is 4. The number of aliphatic hydroxyl groups is 1. The number of carbonyl (C=O) groups is 1. The molecule has 2 aromatic heterocycles. The Labute approximate surface area is 254 Å². The number of anilines is 2. The number of hydrogen-bond donors (Lipinski definition) is 2. The Morgan fingerprint density at radius 2 is 1.89 bits per heavy atom. The van der Waals surface area contributed by atoms with E-state index in [-0.39, 0.29) is 35.9 Å². The molecule has 0 bridgehead atoms. The number of amidine groups is 1. The molecule has 1 amide bonds. The van der Waals surface area contributed by atoms with Gasteiger partial charge >= 0.3 is 12.4 Å². The molecule has 0 radical (unpaired) electrons. The average Bonchev–Trinajstić information content (AvgIpc) is 3.58. The van der Waals surface area contributed by atoms with Crippen LogP contribution in [0.1, 0.15) is 36.5 Å². The number of aliphatic imine (C=N–C) groups is 1. The first-order chi connectivity index (χ1) is 20.9.